The lowest BCUT2D eigenvalue weighted by atomic mass is 10.3. The smallest absolute Gasteiger partial charge is 0.128 e. The van der Waals surface area contributed by atoms with Crippen LogP contribution < -0.4 is 16.2 Å². The van der Waals surface area contributed by atoms with E-state index in [0.29, 0.717) is 0 Å². The third-order valence-corrected chi connectivity index (χ3v) is 2.74. The molecule has 1 saturated heterocycles. The summed E-state index contributed by atoms with van der Waals surface area (Å²) in [4.78, 5) is 8.98. The van der Waals surface area contributed by atoms with Crippen molar-refractivity contribution in [1.82, 2.24) is 9.88 Å². The lowest BCUT2D eigenvalue weighted by Gasteiger charge is -2.33. The van der Waals surface area contributed by atoms with Crippen LogP contribution in [0.15, 0.2) is 18.3 Å². The first-order chi connectivity index (χ1) is 7.29. The van der Waals surface area contributed by atoms with E-state index in [4.69, 9.17) is 5.84 Å². The Kier molecular flexibility index (Phi) is 3.03. The van der Waals surface area contributed by atoms with Crippen LogP contribution in [0.5, 0.6) is 0 Å². The average Bonchev–Trinajstić information content (AvgIpc) is 2.30. The zero-order chi connectivity index (χ0) is 10.7. The second kappa shape index (κ2) is 4.46. The van der Waals surface area contributed by atoms with E-state index in [2.05, 4.69) is 27.3 Å². The summed E-state index contributed by atoms with van der Waals surface area (Å²) in [5.74, 6) is 6.32. The first-order valence-corrected chi connectivity index (χ1v) is 5.16. The van der Waals surface area contributed by atoms with Crippen molar-refractivity contribution in [2.24, 2.45) is 5.84 Å². The number of likely N-dealkylation sites (N-methyl/N-ethyl adjacent to an activating group) is 1. The number of nitrogens with zero attached hydrogens (tertiary/aromatic N) is 3. The highest BCUT2D eigenvalue weighted by atomic mass is 15.3. The molecular formula is C10H17N5. The number of aromatic nitrogens is 1. The van der Waals surface area contributed by atoms with E-state index in [1.807, 2.05) is 12.1 Å². The van der Waals surface area contributed by atoms with Gasteiger partial charge in [-0.1, -0.05) is 0 Å². The van der Waals surface area contributed by atoms with Gasteiger partial charge in [0.15, 0.2) is 0 Å². The van der Waals surface area contributed by atoms with Gasteiger partial charge >= 0.3 is 0 Å². The van der Waals surface area contributed by atoms with Crippen LogP contribution in [-0.4, -0.2) is 43.1 Å². The van der Waals surface area contributed by atoms with Crippen LogP contribution in [-0.2, 0) is 0 Å². The molecule has 0 aromatic carbocycles. The van der Waals surface area contributed by atoms with Gasteiger partial charge in [-0.15, -0.1) is 0 Å². The van der Waals surface area contributed by atoms with E-state index in [-0.39, 0.29) is 0 Å². The second-order valence-electron chi connectivity index (χ2n) is 3.84. The number of pyridine rings is 1. The third kappa shape index (κ3) is 2.37. The van der Waals surface area contributed by atoms with Crippen LogP contribution in [0, 0.1) is 0 Å². The van der Waals surface area contributed by atoms with Gasteiger partial charge in [0.25, 0.3) is 0 Å². The molecule has 0 aliphatic carbocycles. The highest BCUT2D eigenvalue weighted by molar-refractivity contribution is 5.48. The fraction of sp³-hybridized carbons (Fsp3) is 0.500. The Morgan fingerprint density at radius 3 is 2.53 bits per heavy atom. The normalized spacial score (nSPS) is 17.9. The SMILES string of the molecule is CN1CCN(c2ccc(NN)cn2)CC1. The molecule has 1 aromatic heterocycles. The summed E-state index contributed by atoms with van der Waals surface area (Å²) in [7, 11) is 2.15. The molecule has 5 heteroatoms. The van der Waals surface area contributed by atoms with Gasteiger partial charge < -0.3 is 15.2 Å². The molecule has 2 rings (SSSR count). The molecule has 1 aliphatic rings. The topological polar surface area (TPSA) is 57.4 Å². The van der Waals surface area contributed by atoms with Gasteiger partial charge in [0.1, 0.15) is 5.82 Å². The lowest BCUT2D eigenvalue weighted by molar-refractivity contribution is 0.312. The van der Waals surface area contributed by atoms with Crippen LogP contribution in [0.2, 0.25) is 0 Å². The molecule has 0 atom stereocenters. The summed E-state index contributed by atoms with van der Waals surface area (Å²) >= 11 is 0. The summed E-state index contributed by atoms with van der Waals surface area (Å²) < 4.78 is 0. The predicted molar refractivity (Wildman–Crippen MR) is 61.8 cm³/mol. The van der Waals surface area contributed by atoms with Crippen molar-refractivity contribution in [2.45, 2.75) is 0 Å². The number of anilines is 2. The highest BCUT2D eigenvalue weighted by Gasteiger charge is 2.14. The molecule has 0 bridgehead atoms. The monoisotopic (exact) mass is 207 g/mol. The first kappa shape index (κ1) is 10.2. The number of nitrogens with two attached hydrogens (primary N) is 1. The molecule has 1 aliphatic heterocycles. The highest BCUT2D eigenvalue weighted by Crippen LogP contribution is 2.14. The van der Waals surface area contributed by atoms with Crippen LogP contribution in [0.25, 0.3) is 0 Å². The minimum absolute atomic E-state index is 0.841. The average molecular weight is 207 g/mol. The molecule has 0 amide bonds. The zero-order valence-electron chi connectivity index (χ0n) is 8.98. The van der Waals surface area contributed by atoms with E-state index in [0.717, 1.165) is 37.7 Å². The van der Waals surface area contributed by atoms with Gasteiger partial charge in [0, 0.05) is 26.2 Å². The van der Waals surface area contributed by atoms with E-state index in [9.17, 15) is 0 Å². The van der Waals surface area contributed by atoms with Gasteiger partial charge in [0.2, 0.25) is 0 Å². The molecule has 0 radical (unpaired) electrons. The Hall–Kier alpha value is -1.33. The number of piperazine rings is 1. The standard InChI is InChI=1S/C10H17N5/c1-14-4-6-15(7-5-14)10-3-2-9(13-11)8-12-10/h2-3,8,13H,4-7,11H2,1H3. The number of hydrazine groups is 1. The minimum Gasteiger partial charge on any atom is -0.354 e. The number of nitrogen functional groups attached to an aromatic ring is 1. The van der Waals surface area contributed by atoms with Crippen molar-refractivity contribution >= 4 is 11.5 Å². The molecule has 15 heavy (non-hydrogen) atoms. The molecule has 82 valence electrons. The maximum Gasteiger partial charge on any atom is 0.128 e. The number of hydrogen-bond donors (Lipinski definition) is 2. The van der Waals surface area contributed by atoms with E-state index < -0.39 is 0 Å². The number of rotatable bonds is 2. The summed E-state index contributed by atoms with van der Waals surface area (Å²) in [5.41, 5.74) is 3.42. The fourth-order valence-electron chi connectivity index (χ4n) is 1.69. The molecule has 0 spiro atoms. The quantitative estimate of drug-likeness (QED) is 0.533. The molecule has 5 nitrogen and oxygen atoms in total. The predicted octanol–water partition coefficient (Wildman–Crippen LogP) is 0.119. The Morgan fingerprint density at radius 2 is 2.00 bits per heavy atom. The van der Waals surface area contributed by atoms with Crippen molar-refractivity contribution in [2.75, 3.05) is 43.6 Å². The maximum absolute atomic E-state index is 5.29. The molecule has 1 fully saturated rings. The van der Waals surface area contributed by atoms with Crippen LogP contribution >= 0.6 is 0 Å². The van der Waals surface area contributed by atoms with Gasteiger partial charge in [-0.25, -0.2) is 4.98 Å². The zero-order valence-corrected chi connectivity index (χ0v) is 8.98. The molecule has 0 saturated carbocycles. The molecule has 3 N–H and O–H groups in total. The van der Waals surface area contributed by atoms with Crippen molar-refractivity contribution in [3.63, 3.8) is 0 Å². The van der Waals surface area contributed by atoms with Crippen molar-refractivity contribution in [1.29, 1.82) is 0 Å². The van der Waals surface area contributed by atoms with Crippen LogP contribution in [0.4, 0.5) is 11.5 Å². The van der Waals surface area contributed by atoms with Gasteiger partial charge in [0.05, 0.1) is 11.9 Å². The Balaban J connectivity index is 2.03. The molecule has 1 aromatic rings. The van der Waals surface area contributed by atoms with Crippen molar-refractivity contribution < 1.29 is 0 Å². The molecule has 0 unspecified atom stereocenters. The second-order valence-corrected chi connectivity index (χ2v) is 3.84. The Bertz CT molecular complexity index is 302. The summed E-state index contributed by atoms with van der Waals surface area (Å²) in [6.07, 6.45) is 1.76. The summed E-state index contributed by atoms with van der Waals surface area (Å²) in [5, 5.41) is 0. The van der Waals surface area contributed by atoms with Gasteiger partial charge in [-0.05, 0) is 19.2 Å². The van der Waals surface area contributed by atoms with E-state index in [1.165, 1.54) is 0 Å². The number of hydrogen-bond acceptors (Lipinski definition) is 5. The largest absolute Gasteiger partial charge is 0.354 e. The van der Waals surface area contributed by atoms with Gasteiger partial charge in [-0.3, -0.25) is 5.84 Å². The Labute approximate surface area is 89.8 Å². The Morgan fingerprint density at radius 1 is 1.27 bits per heavy atom. The van der Waals surface area contributed by atoms with Gasteiger partial charge in [-0.2, -0.15) is 0 Å². The summed E-state index contributed by atoms with van der Waals surface area (Å²) in [6.45, 7) is 4.27. The lowest BCUT2D eigenvalue weighted by Crippen LogP contribution is -2.44. The van der Waals surface area contributed by atoms with Crippen LogP contribution in [0.1, 0.15) is 0 Å². The van der Waals surface area contributed by atoms with E-state index >= 15 is 0 Å². The van der Waals surface area contributed by atoms with E-state index in [1.54, 1.807) is 6.20 Å². The molecular weight excluding hydrogens is 190 g/mol. The van der Waals surface area contributed by atoms with Crippen LogP contribution in [0.3, 0.4) is 0 Å². The molecule has 2 heterocycles. The summed E-state index contributed by atoms with van der Waals surface area (Å²) in [6, 6.07) is 3.95. The minimum atomic E-state index is 0.841. The van der Waals surface area contributed by atoms with Crippen molar-refractivity contribution in [3.05, 3.63) is 18.3 Å². The third-order valence-electron chi connectivity index (χ3n) is 2.74. The first-order valence-electron chi connectivity index (χ1n) is 5.16. The fourth-order valence-corrected chi connectivity index (χ4v) is 1.69. The maximum atomic E-state index is 5.29. The van der Waals surface area contributed by atoms with Crippen molar-refractivity contribution in [3.8, 4) is 0 Å². The number of nitrogens with one attached hydrogen (secondary N) is 1.